The smallest absolute Gasteiger partial charge is 0.355 e. The molecule has 0 aromatic rings. The number of methoxy groups -OCH3 is 1. The third-order valence-corrected chi connectivity index (χ3v) is 3.39. The molecule has 5 nitrogen and oxygen atoms in total. The van der Waals surface area contributed by atoms with Crippen LogP contribution in [0.3, 0.4) is 0 Å². The van der Waals surface area contributed by atoms with Gasteiger partial charge in [-0.2, -0.15) is 0 Å². The lowest BCUT2D eigenvalue weighted by Crippen LogP contribution is -2.32. The van der Waals surface area contributed by atoms with Gasteiger partial charge in [-0.15, -0.1) is 0 Å². The molecule has 0 radical (unpaired) electrons. The van der Waals surface area contributed by atoms with Crippen molar-refractivity contribution in [2.45, 2.75) is 26.8 Å². The molecule has 1 rings (SSSR count). The normalized spacial score (nSPS) is 15.5. The number of esters is 1. The second-order valence-corrected chi connectivity index (χ2v) is 4.88. The SMILES string of the molecule is CCN1CSC(C(=O)NC(C)C)=C1C(=O)OC. The van der Waals surface area contributed by atoms with Gasteiger partial charge in [0.1, 0.15) is 10.6 Å². The average molecular weight is 258 g/mol. The van der Waals surface area contributed by atoms with Gasteiger partial charge in [0, 0.05) is 12.6 Å². The van der Waals surface area contributed by atoms with Crippen molar-refractivity contribution in [3.05, 3.63) is 10.6 Å². The number of rotatable bonds is 4. The maximum Gasteiger partial charge on any atom is 0.355 e. The molecule has 0 aromatic heterocycles. The Morgan fingerprint density at radius 3 is 2.65 bits per heavy atom. The van der Waals surface area contributed by atoms with Gasteiger partial charge in [0.2, 0.25) is 0 Å². The topological polar surface area (TPSA) is 58.6 Å². The highest BCUT2D eigenvalue weighted by molar-refractivity contribution is 8.04. The number of hydrogen-bond acceptors (Lipinski definition) is 5. The number of carbonyl (C=O) groups excluding carboxylic acids is 2. The molecule has 0 aliphatic carbocycles. The van der Waals surface area contributed by atoms with Gasteiger partial charge in [0.25, 0.3) is 5.91 Å². The molecule has 0 fully saturated rings. The summed E-state index contributed by atoms with van der Waals surface area (Å²) in [7, 11) is 1.32. The van der Waals surface area contributed by atoms with Gasteiger partial charge in [-0.25, -0.2) is 4.79 Å². The molecule has 1 heterocycles. The highest BCUT2D eigenvalue weighted by atomic mass is 32.2. The predicted molar refractivity (Wildman–Crippen MR) is 67.2 cm³/mol. The monoisotopic (exact) mass is 258 g/mol. The summed E-state index contributed by atoms with van der Waals surface area (Å²) in [5.74, 6) is -0.0472. The Labute approximate surface area is 106 Å². The van der Waals surface area contributed by atoms with E-state index in [9.17, 15) is 9.59 Å². The highest BCUT2D eigenvalue weighted by Crippen LogP contribution is 2.32. The molecule has 0 unspecified atom stereocenters. The van der Waals surface area contributed by atoms with Crippen molar-refractivity contribution in [2.24, 2.45) is 0 Å². The first kappa shape index (κ1) is 13.9. The van der Waals surface area contributed by atoms with Crippen LogP contribution in [-0.4, -0.2) is 42.3 Å². The predicted octanol–water partition coefficient (Wildman–Crippen LogP) is 0.922. The summed E-state index contributed by atoms with van der Waals surface area (Å²) >= 11 is 1.37. The maximum atomic E-state index is 11.9. The van der Waals surface area contributed by atoms with Gasteiger partial charge in [-0.05, 0) is 20.8 Å². The lowest BCUT2D eigenvalue weighted by Gasteiger charge is -2.17. The van der Waals surface area contributed by atoms with E-state index in [-0.39, 0.29) is 11.9 Å². The highest BCUT2D eigenvalue weighted by Gasteiger charge is 2.32. The second-order valence-electron chi connectivity index (χ2n) is 3.93. The zero-order valence-corrected chi connectivity index (χ0v) is 11.4. The number of nitrogens with zero attached hydrogens (tertiary/aromatic N) is 1. The molecule has 0 spiro atoms. The summed E-state index contributed by atoms with van der Waals surface area (Å²) in [4.78, 5) is 25.9. The number of ether oxygens (including phenoxy) is 1. The number of hydrogen-bond donors (Lipinski definition) is 1. The van der Waals surface area contributed by atoms with Crippen LogP contribution in [0.4, 0.5) is 0 Å². The van der Waals surface area contributed by atoms with Gasteiger partial charge >= 0.3 is 5.97 Å². The lowest BCUT2D eigenvalue weighted by atomic mass is 10.3. The number of thioether (sulfide) groups is 1. The molecular weight excluding hydrogens is 240 g/mol. The molecule has 1 aliphatic heterocycles. The molecule has 0 saturated carbocycles. The largest absolute Gasteiger partial charge is 0.464 e. The number of nitrogens with one attached hydrogen (secondary N) is 1. The zero-order valence-electron chi connectivity index (χ0n) is 10.6. The Kier molecular flexibility index (Phi) is 4.86. The minimum Gasteiger partial charge on any atom is -0.464 e. The van der Waals surface area contributed by atoms with Crippen LogP contribution in [0.15, 0.2) is 10.6 Å². The molecule has 6 heteroatoms. The Hall–Kier alpha value is -1.17. The van der Waals surface area contributed by atoms with Crippen LogP contribution >= 0.6 is 11.8 Å². The molecule has 17 heavy (non-hydrogen) atoms. The van der Waals surface area contributed by atoms with Crippen molar-refractivity contribution in [2.75, 3.05) is 19.5 Å². The minimum absolute atomic E-state index is 0.0465. The summed E-state index contributed by atoms with van der Waals surface area (Å²) in [6.07, 6.45) is 0. The first-order chi connectivity index (χ1) is 8.01. The third-order valence-electron chi connectivity index (χ3n) is 2.28. The zero-order chi connectivity index (χ0) is 13.0. The van der Waals surface area contributed by atoms with E-state index < -0.39 is 5.97 Å². The van der Waals surface area contributed by atoms with Gasteiger partial charge in [0.05, 0.1) is 13.0 Å². The fourth-order valence-corrected chi connectivity index (χ4v) is 2.62. The van der Waals surface area contributed by atoms with Crippen molar-refractivity contribution in [1.29, 1.82) is 0 Å². The molecule has 0 bridgehead atoms. The van der Waals surface area contributed by atoms with Crippen LogP contribution in [0.2, 0.25) is 0 Å². The first-order valence-corrected chi connectivity index (χ1v) is 6.51. The number of likely N-dealkylation sites (N-methyl/N-ethyl adjacent to an activating group) is 1. The summed E-state index contributed by atoms with van der Waals surface area (Å²) in [5.41, 5.74) is 0.373. The van der Waals surface area contributed by atoms with Crippen molar-refractivity contribution >= 4 is 23.6 Å². The van der Waals surface area contributed by atoms with Crippen molar-refractivity contribution in [3.63, 3.8) is 0 Å². The van der Waals surface area contributed by atoms with E-state index in [0.29, 0.717) is 23.0 Å². The van der Waals surface area contributed by atoms with Crippen LogP contribution in [-0.2, 0) is 14.3 Å². The fourth-order valence-electron chi connectivity index (χ4n) is 1.49. The Bertz CT molecular complexity index is 353. The molecule has 0 saturated heterocycles. The molecule has 96 valence electrons. The minimum atomic E-state index is -0.453. The van der Waals surface area contributed by atoms with Gasteiger partial charge in [-0.1, -0.05) is 11.8 Å². The van der Waals surface area contributed by atoms with Crippen molar-refractivity contribution in [1.82, 2.24) is 10.2 Å². The van der Waals surface area contributed by atoms with Gasteiger partial charge in [-0.3, -0.25) is 4.79 Å². The molecule has 1 aliphatic rings. The standard InChI is InChI=1S/C11H18N2O3S/c1-5-13-6-17-9(8(13)11(15)16-4)10(14)12-7(2)3/h7H,5-6H2,1-4H3,(H,12,14). The molecule has 1 N–H and O–H groups in total. The van der Waals surface area contributed by atoms with E-state index in [1.165, 1.54) is 18.9 Å². The maximum absolute atomic E-state index is 11.9. The van der Waals surface area contributed by atoms with Crippen LogP contribution in [0, 0.1) is 0 Å². The van der Waals surface area contributed by atoms with Crippen molar-refractivity contribution in [3.8, 4) is 0 Å². The fraction of sp³-hybridized carbons (Fsp3) is 0.636. The Balaban J connectivity index is 2.98. The van der Waals surface area contributed by atoms with Crippen molar-refractivity contribution < 1.29 is 14.3 Å². The molecular formula is C11H18N2O3S. The summed E-state index contributed by atoms with van der Waals surface area (Å²) < 4.78 is 4.72. The van der Waals surface area contributed by atoms with Gasteiger partial charge in [0.15, 0.2) is 0 Å². The summed E-state index contributed by atoms with van der Waals surface area (Å²) in [6, 6.07) is 0.0465. The lowest BCUT2D eigenvalue weighted by molar-refractivity contribution is -0.138. The molecule has 1 amide bonds. The van der Waals surface area contributed by atoms with E-state index >= 15 is 0 Å². The summed E-state index contributed by atoms with van der Waals surface area (Å²) in [5, 5.41) is 2.79. The van der Waals surface area contributed by atoms with E-state index in [4.69, 9.17) is 4.74 Å². The van der Waals surface area contributed by atoms with Gasteiger partial charge < -0.3 is 15.0 Å². The Morgan fingerprint density at radius 2 is 2.18 bits per heavy atom. The number of amides is 1. The third kappa shape index (κ3) is 3.15. The van der Waals surface area contributed by atoms with E-state index in [2.05, 4.69) is 5.32 Å². The molecule has 0 aromatic carbocycles. The van der Waals surface area contributed by atoms with E-state index in [0.717, 1.165) is 0 Å². The van der Waals surface area contributed by atoms with Crippen LogP contribution < -0.4 is 5.32 Å². The van der Waals surface area contributed by atoms with Crippen LogP contribution in [0.25, 0.3) is 0 Å². The quantitative estimate of drug-likeness (QED) is 0.760. The number of carbonyl (C=O) groups is 2. The first-order valence-electron chi connectivity index (χ1n) is 5.52. The van der Waals surface area contributed by atoms with Crippen LogP contribution in [0.1, 0.15) is 20.8 Å². The second kappa shape index (κ2) is 5.95. The Morgan fingerprint density at radius 1 is 1.53 bits per heavy atom. The average Bonchev–Trinajstić information content (AvgIpc) is 2.70. The van der Waals surface area contributed by atoms with E-state index in [1.807, 2.05) is 25.7 Å². The summed E-state index contributed by atoms with van der Waals surface area (Å²) in [6.45, 7) is 6.38. The van der Waals surface area contributed by atoms with E-state index in [1.54, 1.807) is 0 Å². The molecule has 0 atom stereocenters. The van der Waals surface area contributed by atoms with Crippen LogP contribution in [0.5, 0.6) is 0 Å².